The van der Waals surface area contributed by atoms with E-state index in [0.29, 0.717) is 13.2 Å². The lowest BCUT2D eigenvalue weighted by Gasteiger charge is -2.11. The zero-order valence-electron chi connectivity index (χ0n) is 12.8. The molecule has 0 aliphatic heterocycles. The van der Waals surface area contributed by atoms with Crippen LogP contribution in [0.1, 0.15) is 5.56 Å². The Morgan fingerprint density at radius 2 is 1.68 bits per heavy atom. The lowest BCUT2D eigenvalue weighted by molar-refractivity contribution is 0.210. The molecule has 0 fully saturated rings. The highest BCUT2D eigenvalue weighted by molar-refractivity contribution is 5.99. The number of fused-ring (bicyclic) bond motifs is 1. The van der Waals surface area contributed by atoms with E-state index in [0.717, 1.165) is 27.8 Å². The number of hydrogen-bond acceptors (Lipinski definition) is 4. The van der Waals surface area contributed by atoms with Crippen molar-refractivity contribution in [2.45, 2.75) is 6.92 Å². The summed E-state index contributed by atoms with van der Waals surface area (Å²) in [4.78, 5) is 0. The van der Waals surface area contributed by atoms with Gasteiger partial charge in [-0.15, -0.1) is 10.2 Å². The van der Waals surface area contributed by atoms with E-state index in [1.165, 1.54) is 5.56 Å². The van der Waals surface area contributed by atoms with Crippen molar-refractivity contribution in [2.24, 2.45) is 0 Å². The summed E-state index contributed by atoms with van der Waals surface area (Å²) < 4.78 is 5.07. The average molecular weight is 293 g/mol. The number of nitrogens with one attached hydrogen (secondary N) is 1. The van der Waals surface area contributed by atoms with E-state index in [9.17, 15) is 0 Å². The minimum absolute atomic E-state index is 0.635. The summed E-state index contributed by atoms with van der Waals surface area (Å²) in [7, 11) is 1.69. The Balaban J connectivity index is 2.06. The second-order valence-electron chi connectivity index (χ2n) is 5.23. The minimum Gasteiger partial charge on any atom is -0.383 e. The Morgan fingerprint density at radius 3 is 2.41 bits per heavy atom. The SMILES string of the molecule is COCCNc1nnc(-c2ccc(C)cc2)c2ccccc12. The van der Waals surface area contributed by atoms with Gasteiger partial charge in [-0.3, -0.25) is 0 Å². The van der Waals surface area contributed by atoms with Crippen LogP contribution in [0.15, 0.2) is 48.5 Å². The molecule has 4 heteroatoms. The zero-order valence-corrected chi connectivity index (χ0v) is 12.8. The molecule has 22 heavy (non-hydrogen) atoms. The van der Waals surface area contributed by atoms with E-state index in [-0.39, 0.29) is 0 Å². The summed E-state index contributed by atoms with van der Waals surface area (Å²) in [5.41, 5.74) is 3.23. The van der Waals surface area contributed by atoms with Crippen LogP contribution in [0.5, 0.6) is 0 Å². The smallest absolute Gasteiger partial charge is 0.156 e. The van der Waals surface area contributed by atoms with E-state index in [1.54, 1.807) is 7.11 Å². The molecule has 0 atom stereocenters. The molecular formula is C18H19N3O. The monoisotopic (exact) mass is 293 g/mol. The van der Waals surface area contributed by atoms with Crippen molar-refractivity contribution in [2.75, 3.05) is 25.6 Å². The fourth-order valence-corrected chi connectivity index (χ4v) is 2.43. The van der Waals surface area contributed by atoms with Crippen LogP contribution in [-0.2, 0) is 4.74 Å². The number of benzene rings is 2. The number of methoxy groups -OCH3 is 1. The highest BCUT2D eigenvalue weighted by Gasteiger charge is 2.10. The molecule has 1 aromatic heterocycles. The van der Waals surface area contributed by atoms with Crippen molar-refractivity contribution in [3.8, 4) is 11.3 Å². The van der Waals surface area contributed by atoms with Gasteiger partial charge in [-0.1, -0.05) is 54.1 Å². The summed E-state index contributed by atoms with van der Waals surface area (Å²) in [5.74, 6) is 0.795. The second kappa shape index (κ2) is 6.54. The molecule has 112 valence electrons. The van der Waals surface area contributed by atoms with Crippen LogP contribution in [0.2, 0.25) is 0 Å². The molecule has 0 aliphatic carbocycles. The molecule has 0 bridgehead atoms. The van der Waals surface area contributed by atoms with Crippen molar-refractivity contribution < 1.29 is 4.74 Å². The van der Waals surface area contributed by atoms with Gasteiger partial charge in [-0.05, 0) is 6.92 Å². The van der Waals surface area contributed by atoms with Crippen molar-refractivity contribution in [3.05, 3.63) is 54.1 Å². The first-order valence-corrected chi connectivity index (χ1v) is 7.35. The lowest BCUT2D eigenvalue weighted by atomic mass is 10.0. The maximum absolute atomic E-state index is 5.07. The molecule has 3 aromatic rings. The van der Waals surface area contributed by atoms with Crippen molar-refractivity contribution in [1.82, 2.24) is 10.2 Å². The van der Waals surface area contributed by atoms with E-state index >= 15 is 0 Å². The molecule has 0 spiro atoms. The van der Waals surface area contributed by atoms with Crippen LogP contribution in [0.25, 0.3) is 22.0 Å². The normalized spacial score (nSPS) is 10.8. The molecule has 4 nitrogen and oxygen atoms in total. The van der Waals surface area contributed by atoms with Gasteiger partial charge < -0.3 is 10.1 Å². The van der Waals surface area contributed by atoms with Gasteiger partial charge in [0, 0.05) is 30.0 Å². The average Bonchev–Trinajstić information content (AvgIpc) is 2.56. The van der Waals surface area contributed by atoms with E-state index in [1.807, 2.05) is 12.1 Å². The van der Waals surface area contributed by atoms with E-state index < -0.39 is 0 Å². The van der Waals surface area contributed by atoms with Crippen LogP contribution >= 0.6 is 0 Å². The molecule has 1 heterocycles. The third kappa shape index (κ3) is 2.92. The third-order valence-corrected chi connectivity index (χ3v) is 3.61. The van der Waals surface area contributed by atoms with Gasteiger partial charge in [-0.25, -0.2) is 0 Å². The van der Waals surface area contributed by atoms with Gasteiger partial charge in [0.25, 0.3) is 0 Å². The Kier molecular flexibility index (Phi) is 4.30. The van der Waals surface area contributed by atoms with Crippen molar-refractivity contribution in [1.29, 1.82) is 0 Å². The van der Waals surface area contributed by atoms with Crippen molar-refractivity contribution in [3.63, 3.8) is 0 Å². The van der Waals surface area contributed by atoms with Gasteiger partial charge in [-0.2, -0.15) is 0 Å². The maximum atomic E-state index is 5.07. The van der Waals surface area contributed by atoms with Crippen molar-refractivity contribution >= 4 is 16.6 Å². The Morgan fingerprint density at radius 1 is 0.955 bits per heavy atom. The number of rotatable bonds is 5. The number of nitrogens with zero attached hydrogens (tertiary/aromatic N) is 2. The summed E-state index contributed by atoms with van der Waals surface area (Å²) in [6, 6.07) is 16.6. The highest BCUT2D eigenvalue weighted by Crippen LogP contribution is 2.29. The molecule has 0 saturated heterocycles. The van der Waals surface area contributed by atoms with Gasteiger partial charge in [0.1, 0.15) is 5.69 Å². The number of ether oxygens (including phenoxy) is 1. The molecular weight excluding hydrogens is 274 g/mol. The van der Waals surface area contributed by atoms with Gasteiger partial charge in [0.05, 0.1) is 6.61 Å². The number of aryl methyl sites for hydroxylation is 1. The number of hydrogen-bond donors (Lipinski definition) is 1. The molecule has 0 aliphatic rings. The van der Waals surface area contributed by atoms with Gasteiger partial charge in [0.2, 0.25) is 0 Å². The van der Waals surface area contributed by atoms with Gasteiger partial charge >= 0.3 is 0 Å². The first-order valence-electron chi connectivity index (χ1n) is 7.35. The summed E-state index contributed by atoms with van der Waals surface area (Å²) in [5, 5.41) is 14.2. The predicted molar refractivity (Wildman–Crippen MR) is 90.1 cm³/mol. The maximum Gasteiger partial charge on any atom is 0.156 e. The summed E-state index contributed by atoms with van der Waals surface area (Å²) in [6.07, 6.45) is 0. The predicted octanol–water partition coefficient (Wildman–Crippen LogP) is 3.66. The third-order valence-electron chi connectivity index (χ3n) is 3.61. The molecule has 0 unspecified atom stereocenters. The van der Waals surface area contributed by atoms with Crippen LogP contribution in [-0.4, -0.2) is 30.5 Å². The largest absolute Gasteiger partial charge is 0.383 e. The summed E-state index contributed by atoms with van der Waals surface area (Å²) >= 11 is 0. The second-order valence-corrected chi connectivity index (χ2v) is 5.23. The van der Waals surface area contributed by atoms with Crippen LogP contribution in [0.3, 0.4) is 0 Å². The molecule has 3 rings (SSSR count). The fourth-order valence-electron chi connectivity index (χ4n) is 2.43. The Hall–Kier alpha value is -2.46. The van der Waals surface area contributed by atoms with Crippen LogP contribution < -0.4 is 5.32 Å². The molecule has 0 saturated carbocycles. The lowest BCUT2D eigenvalue weighted by Crippen LogP contribution is -2.10. The van der Waals surface area contributed by atoms with Crippen LogP contribution in [0.4, 0.5) is 5.82 Å². The molecule has 0 radical (unpaired) electrons. The molecule has 1 N–H and O–H groups in total. The first kappa shape index (κ1) is 14.5. The topological polar surface area (TPSA) is 47.0 Å². The Labute approximate surface area is 130 Å². The van der Waals surface area contributed by atoms with Crippen LogP contribution in [0, 0.1) is 6.92 Å². The minimum atomic E-state index is 0.635. The quantitative estimate of drug-likeness (QED) is 0.729. The first-order chi connectivity index (χ1) is 10.8. The van der Waals surface area contributed by atoms with Gasteiger partial charge in [0.15, 0.2) is 5.82 Å². The number of anilines is 1. The summed E-state index contributed by atoms with van der Waals surface area (Å²) in [6.45, 7) is 3.42. The standard InChI is InChI=1S/C18H19N3O/c1-13-7-9-14(10-8-13)17-15-5-3-4-6-16(15)18(21-20-17)19-11-12-22-2/h3-10H,11-12H2,1-2H3,(H,19,21). The zero-order chi connectivity index (χ0) is 15.4. The fraction of sp³-hybridized carbons (Fsp3) is 0.222. The van der Waals surface area contributed by atoms with E-state index in [4.69, 9.17) is 4.74 Å². The van der Waals surface area contributed by atoms with E-state index in [2.05, 4.69) is 58.8 Å². The molecule has 2 aromatic carbocycles. The molecule has 0 amide bonds. The number of aromatic nitrogens is 2. The highest BCUT2D eigenvalue weighted by atomic mass is 16.5. The Bertz CT molecular complexity index is 769.